The number of fused-ring (bicyclic) bond motifs is 1. The molecule has 0 radical (unpaired) electrons. The Hall–Kier alpha value is -3.08. The summed E-state index contributed by atoms with van der Waals surface area (Å²) in [6.45, 7) is 3.96. The van der Waals surface area contributed by atoms with Crippen LogP contribution in [-0.2, 0) is 6.54 Å². The highest BCUT2D eigenvalue weighted by Crippen LogP contribution is 2.28. The normalized spacial score (nSPS) is 10.8. The predicted molar refractivity (Wildman–Crippen MR) is 87.6 cm³/mol. The van der Waals surface area contributed by atoms with Gasteiger partial charge in [0.2, 0.25) is 5.91 Å². The minimum absolute atomic E-state index is 0.178. The lowest BCUT2D eigenvalue weighted by Crippen LogP contribution is -2.10. The lowest BCUT2D eigenvalue weighted by molar-refractivity contribution is 0.100. The summed E-state index contributed by atoms with van der Waals surface area (Å²) in [6.07, 6.45) is 1.66. The molecule has 0 aliphatic heterocycles. The summed E-state index contributed by atoms with van der Waals surface area (Å²) in [5.41, 5.74) is 7.60. The van der Waals surface area contributed by atoms with Crippen molar-refractivity contribution in [2.24, 2.45) is 5.73 Å². The molecule has 3 aromatic rings. The zero-order valence-electron chi connectivity index (χ0n) is 12.3. The number of carbonyl (C=O) groups is 1. The molecule has 1 amide bonds. The number of primary amides is 1. The lowest BCUT2D eigenvalue weighted by atomic mass is 10.1. The second-order valence-electron chi connectivity index (χ2n) is 5.31. The van der Waals surface area contributed by atoms with E-state index >= 15 is 0 Å². The number of halogens is 1. The van der Waals surface area contributed by atoms with E-state index in [1.807, 2.05) is 4.57 Å². The van der Waals surface area contributed by atoms with Gasteiger partial charge >= 0.3 is 0 Å². The lowest BCUT2D eigenvalue weighted by Gasteiger charge is -2.06. The van der Waals surface area contributed by atoms with E-state index in [4.69, 9.17) is 5.73 Å². The summed E-state index contributed by atoms with van der Waals surface area (Å²) in [6, 6.07) is 11.6. The third kappa shape index (κ3) is 2.68. The third-order valence-electron chi connectivity index (χ3n) is 3.76. The van der Waals surface area contributed by atoms with Crippen LogP contribution >= 0.6 is 0 Å². The van der Waals surface area contributed by atoms with Gasteiger partial charge in [-0.05, 0) is 29.8 Å². The van der Waals surface area contributed by atoms with E-state index in [1.165, 1.54) is 6.07 Å². The average Bonchev–Trinajstić information content (AvgIpc) is 2.88. The second-order valence-corrected chi connectivity index (χ2v) is 5.31. The molecule has 0 atom stereocenters. The highest BCUT2D eigenvalue weighted by Gasteiger charge is 2.14. The van der Waals surface area contributed by atoms with Crippen LogP contribution in [-0.4, -0.2) is 15.6 Å². The molecule has 0 unspecified atom stereocenters. The molecule has 0 aliphatic rings. The van der Waals surface area contributed by atoms with Gasteiger partial charge in [0.05, 0.1) is 5.52 Å². The maximum absolute atomic E-state index is 14.1. The predicted octanol–water partition coefficient (Wildman–Crippen LogP) is 3.46. The molecule has 2 aromatic carbocycles. The number of hydrogen-bond acceptors (Lipinski definition) is 2. The number of nitrogens with two attached hydrogens (primary N) is 1. The van der Waals surface area contributed by atoms with Gasteiger partial charge < -0.3 is 15.4 Å². The van der Waals surface area contributed by atoms with Crippen molar-refractivity contribution in [3.8, 4) is 0 Å². The molecule has 1 heterocycles. The van der Waals surface area contributed by atoms with Gasteiger partial charge in [-0.3, -0.25) is 4.79 Å². The minimum atomic E-state index is -0.482. The topological polar surface area (TPSA) is 68.2 Å². The summed E-state index contributed by atoms with van der Waals surface area (Å²) >= 11 is 0. The van der Waals surface area contributed by atoms with E-state index in [2.05, 4.69) is 6.58 Å². The largest absolute Gasteiger partial charge is 0.508 e. The van der Waals surface area contributed by atoms with Crippen molar-refractivity contribution in [1.29, 1.82) is 0 Å². The molecule has 0 spiro atoms. The number of aliphatic hydroxyl groups is 1. The molecular formula is C18H15FN2O2. The standard InChI is InChI=1S/C18H15FN2O2/c1-11(22)14-10-21(16-4-2-3-15(19)17(14)16)9-12-5-7-13(8-6-12)18(20)23/h2-8,10,22H,1,9H2,(H2,20,23). The van der Waals surface area contributed by atoms with Crippen LogP contribution in [0.15, 0.2) is 55.2 Å². The van der Waals surface area contributed by atoms with Crippen molar-refractivity contribution in [3.05, 3.63) is 77.7 Å². The number of carbonyl (C=O) groups excluding carboxylic acids is 1. The van der Waals surface area contributed by atoms with Crippen molar-refractivity contribution >= 4 is 22.6 Å². The van der Waals surface area contributed by atoms with E-state index in [-0.39, 0.29) is 5.76 Å². The molecule has 0 saturated carbocycles. The first-order chi connectivity index (χ1) is 11.0. The number of nitrogens with zero attached hydrogens (tertiary/aromatic N) is 1. The Kier molecular flexibility index (Phi) is 3.62. The molecule has 4 nitrogen and oxygen atoms in total. The van der Waals surface area contributed by atoms with Gasteiger partial charge in [-0.15, -0.1) is 0 Å². The first kappa shape index (κ1) is 14.8. The molecule has 0 aliphatic carbocycles. The Labute approximate surface area is 132 Å². The molecule has 23 heavy (non-hydrogen) atoms. The molecule has 1 aromatic heterocycles. The van der Waals surface area contributed by atoms with E-state index in [1.54, 1.807) is 42.6 Å². The SMILES string of the molecule is C=C(O)c1cn(Cc2ccc(C(N)=O)cc2)c2cccc(F)c12. The van der Waals surface area contributed by atoms with Gasteiger partial charge in [0, 0.05) is 29.3 Å². The number of aliphatic hydroxyl groups excluding tert-OH is 1. The summed E-state index contributed by atoms with van der Waals surface area (Å²) in [5.74, 6) is -1.07. The van der Waals surface area contributed by atoms with Crippen LogP contribution in [0.2, 0.25) is 0 Å². The first-order valence-electron chi connectivity index (χ1n) is 7.01. The third-order valence-corrected chi connectivity index (χ3v) is 3.76. The fraction of sp³-hybridized carbons (Fsp3) is 0.0556. The molecule has 0 saturated heterocycles. The smallest absolute Gasteiger partial charge is 0.248 e. The van der Waals surface area contributed by atoms with E-state index < -0.39 is 11.7 Å². The Bertz CT molecular complexity index is 911. The van der Waals surface area contributed by atoms with Crippen LogP contribution in [0.3, 0.4) is 0 Å². The highest BCUT2D eigenvalue weighted by molar-refractivity contribution is 5.93. The monoisotopic (exact) mass is 310 g/mol. The van der Waals surface area contributed by atoms with E-state index in [0.29, 0.717) is 28.6 Å². The summed E-state index contributed by atoms with van der Waals surface area (Å²) in [7, 11) is 0. The zero-order chi connectivity index (χ0) is 16.6. The van der Waals surface area contributed by atoms with Gasteiger partial charge in [-0.25, -0.2) is 4.39 Å². The van der Waals surface area contributed by atoms with Crippen LogP contribution in [0.4, 0.5) is 4.39 Å². The van der Waals surface area contributed by atoms with Crippen LogP contribution in [0.25, 0.3) is 16.7 Å². The Morgan fingerprint density at radius 3 is 2.52 bits per heavy atom. The number of aromatic nitrogens is 1. The number of hydrogen-bond donors (Lipinski definition) is 2. The van der Waals surface area contributed by atoms with Crippen molar-refractivity contribution in [3.63, 3.8) is 0 Å². The Balaban J connectivity index is 2.05. The molecule has 116 valence electrons. The van der Waals surface area contributed by atoms with Crippen LogP contribution in [0, 0.1) is 5.82 Å². The zero-order valence-corrected chi connectivity index (χ0v) is 12.3. The Morgan fingerprint density at radius 1 is 1.22 bits per heavy atom. The molecule has 3 N–H and O–H groups in total. The highest BCUT2D eigenvalue weighted by atomic mass is 19.1. The second kappa shape index (κ2) is 5.61. The molecule has 3 rings (SSSR count). The van der Waals surface area contributed by atoms with E-state index in [9.17, 15) is 14.3 Å². The summed E-state index contributed by atoms with van der Waals surface area (Å²) in [4.78, 5) is 11.1. The number of benzene rings is 2. The van der Waals surface area contributed by atoms with Crippen LogP contribution in [0.5, 0.6) is 0 Å². The van der Waals surface area contributed by atoms with Gasteiger partial charge in [-0.2, -0.15) is 0 Å². The summed E-state index contributed by atoms with van der Waals surface area (Å²) < 4.78 is 15.9. The molecule has 0 bridgehead atoms. The van der Waals surface area contributed by atoms with Crippen LogP contribution < -0.4 is 5.73 Å². The Morgan fingerprint density at radius 2 is 1.91 bits per heavy atom. The fourth-order valence-electron chi connectivity index (χ4n) is 2.63. The molecular weight excluding hydrogens is 295 g/mol. The number of amides is 1. The quantitative estimate of drug-likeness (QED) is 0.725. The van der Waals surface area contributed by atoms with E-state index in [0.717, 1.165) is 5.56 Å². The van der Waals surface area contributed by atoms with Gasteiger partial charge in [0.25, 0.3) is 0 Å². The summed E-state index contributed by atoms with van der Waals surface area (Å²) in [5, 5.41) is 10.0. The van der Waals surface area contributed by atoms with Gasteiger partial charge in [-0.1, -0.05) is 24.8 Å². The van der Waals surface area contributed by atoms with Crippen molar-refractivity contribution in [2.75, 3.05) is 0 Å². The maximum atomic E-state index is 14.1. The van der Waals surface area contributed by atoms with Crippen molar-refractivity contribution < 1.29 is 14.3 Å². The number of rotatable bonds is 4. The van der Waals surface area contributed by atoms with Crippen molar-refractivity contribution in [2.45, 2.75) is 6.54 Å². The average molecular weight is 310 g/mol. The minimum Gasteiger partial charge on any atom is -0.508 e. The molecule has 0 fully saturated rings. The van der Waals surface area contributed by atoms with Crippen molar-refractivity contribution in [1.82, 2.24) is 4.57 Å². The first-order valence-corrected chi connectivity index (χ1v) is 7.01. The molecule has 5 heteroatoms. The van der Waals surface area contributed by atoms with Crippen LogP contribution in [0.1, 0.15) is 21.5 Å². The van der Waals surface area contributed by atoms with Gasteiger partial charge in [0.1, 0.15) is 11.6 Å². The van der Waals surface area contributed by atoms with Gasteiger partial charge in [0.15, 0.2) is 0 Å². The maximum Gasteiger partial charge on any atom is 0.248 e. The fourth-order valence-corrected chi connectivity index (χ4v) is 2.63.